The molecule has 1 atom stereocenters. The van der Waals surface area contributed by atoms with Gasteiger partial charge in [-0.05, 0) is 65.5 Å². The van der Waals surface area contributed by atoms with Gasteiger partial charge in [-0.15, -0.1) is 12.4 Å². The van der Waals surface area contributed by atoms with Gasteiger partial charge in [-0.1, -0.05) is 17.7 Å². The Bertz CT molecular complexity index is 387. The molecular formula is C13H19BrCl2N2. The van der Waals surface area contributed by atoms with Crippen molar-refractivity contribution >= 4 is 39.9 Å². The minimum Gasteiger partial charge on any atom is -0.330 e. The number of nitrogens with two attached hydrogens (primary N) is 1. The highest BCUT2D eigenvalue weighted by Gasteiger charge is 2.18. The van der Waals surface area contributed by atoms with Gasteiger partial charge in [0.25, 0.3) is 0 Å². The molecule has 0 radical (unpaired) electrons. The molecular weight excluding hydrogens is 335 g/mol. The van der Waals surface area contributed by atoms with E-state index < -0.39 is 0 Å². The lowest BCUT2D eigenvalue weighted by Gasteiger charge is -2.32. The summed E-state index contributed by atoms with van der Waals surface area (Å²) in [6.45, 7) is 4.10. The molecule has 1 aromatic carbocycles. The number of likely N-dealkylation sites (tertiary alicyclic amines) is 1. The molecule has 1 aromatic rings. The summed E-state index contributed by atoms with van der Waals surface area (Å²) in [5.41, 5.74) is 7.06. The first-order valence-electron chi connectivity index (χ1n) is 6.05. The van der Waals surface area contributed by atoms with Gasteiger partial charge >= 0.3 is 0 Å². The molecule has 0 bridgehead atoms. The van der Waals surface area contributed by atoms with Crippen LogP contribution in [0.25, 0.3) is 0 Å². The Hall–Kier alpha value is 0.200. The van der Waals surface area contributed by atoms with E-state index in [9.17, 15) is 0 Å². The van der Waals surface area contributed by atoms with Crippen LogP contribution in [0.3, 0.4) is 0 Å². The molecule has 1 aliphatic rings. The molecule has 2 rings (SSSR count). The third-order valence-corrected chi connectivity index (χ3v) is 4.54. The fourth-order valence-electron chi connectivity index (χ4n) is 2.38. The standard InChI is InChI=1S/C13H18BrClN2.ClH/c14-12-6-10(3-4-13(12)15)8-17-5-1-2-11(7-16)9-17;/h3-4,6,11H,1-2,5,7-9,16H2;1H. The molecule has 1 heterocycles. The topological polar surface area (TPSA) is 29.3 Å². The molecule has 102 valence electrons. The predicted molar refractivity (Wildman–Crippen MR) is 83.5 cm³/mol. The largest absolute Gasteiger partial charge is 0.330 e. The van der Waals surface area contributed by atoms with Crippen molar-refractivity contribution in [2.75, 3.05) is 19.6 Å². The van der Waals surface area contributed by atoms with Gasteiger partial charge < -0.3 is 5.73 Å². The Morgan fingerprint density at radius 2 is 2.22 bits per heavy atom. The van der Waals surface area contributed by atoms with Gasteiger partial charge in [0.2, 0.25) is 0 Å². The number of benzene rings is 1. The molecule has 2 nitrogen and oxygen atoms in total. The molecule has 1 saturated heterocycles. The lowest BCUT2D eigenvalue weighted by molar-refractivity contribution is 0.171. The third kappa shape index (κ3) is 4.39. The van der Waals surface area contributed by atoms with Crippen LogP contribution in [-0.2, 0) is 6.54 Å². The van der Waals surface area contributed by atoms with Crippen molar-refractivity contribution in [3.63, 3.8) is 0 Å². The zero-order valence-electron chi connectivity index (χ0n) is 10.2. The van der Waals surface area contributed by atoms with E-state index in [0.717, 1.165) is 29.1 Å². The molecule has 1 aliphatic heterocycles. The highest BCUT2D eigenvalue weighted by atomic mass is 79.9. The summed E-state index contributed by atoms with van der Waals surface area (Å²) in [6.07, 6.45) is 2.54. The Morgan fingerprint density at radius 3 is 2.89 bits per heavy atom. The number of halogens is 3. The number of rotatable bonds is 3. The first-order chi connectivity index (χ1) is 8.19. The van der Waals surface area contributed by atoms with E-state index in [1.807, 2.05) is 6.07 Å². The second-order valence-electron chi connectivity index (χ2n) is 4.73. The molecule has 2 N–H and O–H groups in total. The van der Waals surface area contributed by atoms with Gasteiger partial charge in [-0.3, -0.25) is 4.90 Å². The maximum Gasteiger partial charge on any atom is 0.0548 e. The van der Waals surface area contributed by atoms with Crippen LogP contribution >= 0.6 is 39.9 Å². The summed E-state index contributed by atoms with van der Waals surface area (Å²) in [7, 11) is 0. The van der Waals surface area contributed by atoms with E-state index in [4.69, 9.17) is 17.3 Å². The predicted octanol–water partition coefficient (Wildman–Crippen LogP) is 3.70. The van der Waals surface area contributed by atoms with Gasteiger partial charge in [0, 0.05) is 17.6 Å². The lowest BCUT2D eigenvalue weighted by Crippen LogP contribution is -2.37. The fourth-order valence-corrected chi connectivity index (χ4v) is 2.93. The highest BCUT2D eigenvalue weighted by molar-refractivity contribution is 9.10. The number of nitrogens with zero attached hydrogens (tertiary/aromatic N) is 1. The van der Waals surface area contributed by atoms with Crippen molar-refractivity contribution in [3.05, 3.63) is 33.3 Å². The van der Waals surface area contributed by atoms with E-state index in [-0.39, 0.29) is 12.4 Å². The van der Waals surface area contributed by atoms with E-state index in [0.29, 0.717) is 5.92 Å². The Morgan fingerprint density at radius 1 is 1.44 bits per heavy atom. The maximum atomic E-state index is 5.99. The Kier molecular flexibility index (Phi) is 6.96. The number of hydrogen-bond acceptors (Lipinski definition) is 2. The molecule has 1 fully saturated rings. The highest BCUT2D eigenvalue weighted by Crippen LogP contribution is 2.25. The smallest absolute Gasteiger partial charge is 0.0548 e. The Balaban J connectivity index is 0.00000162. The van der Waals surface area contributed by atoms with Gasteiger partial charge in [0.1, 0.15) is 0 Å². The van der Waals surface area contributed by atoms with Gasteiger partial charge in [-0.2, -0.15) is 0 Å². The van der Waals surface area contributed by atoms with Crippen LogP contribution in [0, 0.1) is 5.92 Å². The summed E-state index contributed by atoms with van der Waals surface area (Å²) >= 11 is 9.46. The SMILES string of the molecule is Cl.NCC1CCCN(Cc2ccc(Cl)c(Br)c2)C1. The summed E-state index contributed by atoms with van der Waals surface area (Å²) in [5, 5.41) is 0.771. The second-order valence-corrected chi connectivity index (χ2v) is 5.99. The summed E-state index contributed by atoms with van der Waals surface area (Å²) < 4.78 is 0.976. The Labute approximate surface area is 128 Å². The zero-order valence-corrected chi connectivity index (χ0v) is 13.4. The number of hydrogen-bond donors (Lipinski definition) is 1. The quantitative estimate of drug-likeness (QED) is 0.897. The molecule has 0 amide bonds. The monoisotopic (exact) mass is 352 g/mol. The van der Waals surface area contributed by atoms with Crippen LogP contribution in [0.4, 0.5) is 0 Å². The molecule has 1 unspecified atom stereocenters. The van der Waals surface area contributed by atoms with Crippen molar-refractivity contribution in [1.29, 1.82) is 0 Å². The summed E-state index contributed by atoms with van der Waals surface area (Å²) in [4.78, 5) is 2.48. The molecule has 0 aliphatic carbocycles. The minimum atomic E-state index is 0. The van der Waals surface area contributed by atoms with Gasteiger partial charge in [-0.25, -0.2) is 0 Å². The van der Waals surface area contributed by atoms with Gasteiger partial charge in [0.15, 0.2) is 0 Å². The minimum absolute atomic E-state index is 0. The van der Waals surface area contributed by atoms with Crippen molar-refractivity contribution in [2.24, 2.45) is 11.7 Å². The number of piperidine rings is 1. The van der Waals surface area contributed by atoms with E-state index >= 15 is 0 Å². The second kappa shape index (κ2) is 7.71. The fraction of sp³-hybridized carbons (Fsp3) is 0.538. The van der Waals surface area contributed by atoms with E-state index in [1.165, 1.54) is 24.9 Å². The van der Waals surface area contributed by atoms with Crippen molar-refractivity contribution < 1.29 is 0 Å². The third-order valence-electron chi connectivity index (χ3n) is 3.33. The van der Waals surface area contributed by atoms with Crippen LogP contribution < -0.4 is 5.73 Å². The average Bonchev–Trinajstić information content (AvgIpc) is 2.34. The summed E-state index contributed by atoms with van der Waals surface area (Å²) in [5.74, 6) is 0.666. The molecule has 0 saturated carbocycles. The van der Waals surface area contributed by atoms with Crippen molar-refractivity contribution in [1.82, 2.24) is 4.90 Å². The van der Waals surface area contributed by atoms with E-state index in [2.05, 4.69) is 33.0 Å². The molecule has 18 heavy (non-hydrogen) atoms. The summed E-state index contributed by atoms with van der Waals surface area (Å²) in [6, 6.07) is 6.15. The van der Waals surface area contributed by atoms with E-state index in [1.54, 1.807) is 0 Å². The zero-order chi connectivity index (χ0) is 12.3. The van der Waals surface area contributed by atoms with Crippen LogP contribution in [0.15, 0.2) is 22.7 Å². The van der Waals surface area contributed by atoms with Crippen LogP contribution in [0.5, 0.6) is 0 Å². The van der Waals surface area contributed by atoms with Crippen LogP contribution in [0.1, 0.15) is 18.4 Å². The maximum absolute atomic E-state index is 5.99. The van der Waals surface area contributed by atoms with Crippen LogP contribution in [-0.4, -0.2) is 24.5 Å². The first-order valence-corrected chi connectivity index (χ1v) is 7.22. The van der Waals surface area contributed by atoms with Crippen molar-refractivity contribution in [3.8, 4) is 0 Å². The van der Waals surface area contributed by atoms with Crippen molar-refractivity contribution in [2.45, 2.75) is 19.4 Å². The lowest BCUT2D eigenvalue weighted by atomic mass is 9.98. The van der Waals surface area contributed by atoms with Crippen LogP contribution in [0.2, 0.25) is 5.02 Å². The van der Waals surface area contributed by atoms with Gasteiger partial charge in [0.05, 0.1) is 5.02 Å². The molecule has 0 spiro atoms. The first kappa shape index (κ1) is 16.3. The molecule has 5 heteroatoms. The average molecular weight is 354 g/mol. The molecule has 0 aromatic heterocycles. The normalized spacial score (nSPS) is 20.5.